The number of rotatable bonds is 2. The highest BCUT2D eigenvalue weighted by molar-refractivity contribution is 6.45. The summed E-state index contributed by atoms with van der Waals surface area (Å²) in [4.78, 5) is 0. The highest BCUT2D eigenvalue weighted by Crippen LogP contribution is 2.40. The number of hydrogen-bond donors (Lipinski definition) is 0. The highest BCUT2D eigenvalue weighted by atomic mass is 35.5. The van der Waals surface area contributed by atoms with Gasteiger partial charge in [0.1, 0.15) is 5.75 Å². The summed E-state index contributed by atoms with van der Waals surface area (Å²) in [5, 5.41) is 1.85. The van der Waals surface area contributed by atoms with Crippen molar-refractivity contribution in [2.45, 2.75) is 0 Å². The van der Waals surface area contributed by atoms with E-state index in [4.69, 9.17) is 51.1 Å². The van der Waals surface area contributed by atoms with Gasteiger partial charge in [0, 0.05) is 21.2 Å². The molecule has 0 N–H and O–H groups in total. The van der Waals surface area contributed by atoms with Crippen LogP contribution in [0.3, 0.4) is 0 Å². The number of methoxy groups -OCH3 is 1. The van der Waals surface area contributed by atoms with Crippen molar-refractivity contribution in [2.75, 3.05) is 7.11 Å². The lowest BCUT2D eigenvalue weighted by Gasteiger charge is -2.10. The van der Waals surface area contributed by atoms with E-state index in [-0.39, 0.29) is 0 Å². The van der Waals surface area contributed by atoms with Gasteiger partial charge in [-0.1, -0.05) is 46.4 Å². The van der Waals surface area contributed by atoms with Gasteiger partial charge in [0.25, 0.3) is 0 Å². The lowest BCUT2D eigenvalue weighted by molar-refractivity contribution is 0.415. The normalized spacial score (nSPS) is 10.5. The molecule has 5 heteroatoms. The second kappa shape index (κ2) is 5.58. The van der Waals surface area contributed by atoms with E-state index < -0.39 is 0 Å². The first-order chi connectivity index (χ1) is 8.52. The smallest absolute Gasteiger partial charge is 0.119 e. The van der Waals surface area contributed by atoms with Crippen LogP contribution in [0.1, 0.15) is 0 Å². The minimum absolute atomic E-state index is 0.387. The molecular weight excluding hydrogens is 314 g/mol. The first-order valence-electron chi connectivity index (χ1n) is 5.01. The first-order valence-corrected chi connectivity index (χ1v) is 6.52. The van der Waals surface area contributed by atoms with Gasteiger partial charge in [-0.3, -0.25) is 0 Å². The predicted molar refractivity (Wildman–Crippen MR) is 78.5 cm³/mol. The Morgan fingerprint density at radius 3 is 2.22 bits per heavy atom. The molecule has 0 unspecified atom stereocenters. The molecule has 2 rings (SSSR count). The van der Waals surface area contributed by atoms with Gasteiger partial charge in [0.15, 0.2) is 0 Å². The van der Waals surface area contributed by atoms with Crippen LogP contribution in [0.4, 0.5) is 0 Å². The summed E-state index contributed by atoms with van der Waals surface area (Å²) in [6, 6.07) is 8.60. The largest absolute Gasteiger partial charge is 0.497 e. The van der Waals surface area contributed by atoms with Gasteiger partial charge in [0.05, 0.1) is 17.2 Å². The van der Waals surface area contributed by atoms with E-state index in [2.05, 4.69) is 0 Å². The lowest BCUT2D eigenvalue weighted by Crippen LogP contribution is -1.87. The molecule has 0 heterocycles. The van der Waals surface area contributed by atoms with Gasteiger partial charge in [-0.2, -0.15) is 0 Å². The van der Waals surface area contributed by atoms with Crippen LogP contribution in [0.15, 0.2) is 30.3 Å². The minimum atomic E-state index is 0.387. The molecule has 0 saturated carbocycles. The summed E-state index contributed by atoms with van der Waals surface area (Å²) < 4.78 is 5.16. The first kappa shape index (κ1) is 13.8. The third kappa shape index (κ3) is 2.70. The zero-order valence-corrected chi connectivity index (χ0v) is 12.3. The number of halogens is 4. The Hall–Kier alpha value is -0.600. The van der Waals surface area contributed by atoms with E-state index >= 15 is 0 Å². The van der Waals surface area contributed by atoms with Gasteiger partial charge < -0.3 is 4.74 Å². The van der Waals surface area contributed by atoms with Crippen molar-refractivity contribution >= 4 is 46.4 Å². The van der Waals surface area contributed by atoms with Crippen LogP contribution >= 0.6 is 46.4 Å². The maximum Gasteiger partial charge on any atom is 0.119 e. The Bertz CT molecular complexity index is 596. The van der Waals surface area contributed by atoms with Crippen molar-refractivity contribution in [3.05, 3.63) is 50.4 Å². The van der Waals surface area contributed by atoms with Crippen molar-refractivity contribution in [1.82, 2.24) is 0 Å². The van der Waals surface area contributed by atoms with E-state index in [0.29, 0.717) is 31.4 Å². The molecule has 18 heavy (non-hydrogen) atoms. The maximum atomic E-state index is 6.18. The zero-order valence-electron chi connectivity index (χ0n) is 9.31. The minimum Gasteiger partial charge on any atom is -0.497 e. The summed E-state index contributed by atoms with van der Waals surface area (Å²) in [6.45, 7) is 0. The topological polar surface area (TPSA) is 9.23 Å². The summed E-state index contributed by atoms with van der Waals surface area (Å²) in [5.74, 6) is 0.682. The zero-order chi connectivity index (χ0) is 13.3. The standard InChI is InChI=1S/C13H8Cl4O/c1-18-8-2-3-11(15)9(6-8)10-4-7(14)5-12(16)13(10)17/h2-6H,1H3. The molecule has 0 saturated heterocycles. The Morgan fingerprint density at radius 2 is 1.56 bits per heavy atom. The predicted octanol–water partition coefficient (Wildman–Crippen LogP) is 5.98. The summed E-state index contributed by atoms with van der Waals surface area (Å²) in [5.41, 5.74) is 1.41. The average molecular weight is 322 g/mol. The molecular formula is C13H8Cl4O. The molecule has 0 fully saturated rings. The van der Waals surface area contributed by atoms with Crippen molar-refractivity contribution in [1.29, 1.82) is 0 Å². The molecule has 2 aromatic carbocycles. The Balaban J connectivity index is 2.68. The third-order valence-corrected chi connectivity index (χ3v) is 3.81. The van der Waals surface area contributed by atoms with Crippen LogP contribution in [0, 0.1) is 0 Å². The SMILES string of the molecule is COc1ccc(Cl)c(-c2cc(Cl)cc(Cl)c2Cl)c1. The van der Waals surface area contributed by atoms with E-state index in [0.717, 1.165) is 5.56 Å². The molecule has 0 amide bonds. The van der Waals surface area contributed by atoms with Crippen LogP contribution < -0.4 is 4.74 Å². The second-order valence-electron chi connectivity index (χ2n) is 3.59. The molecule has 0 aliphatic heterocycles. The molecule has 0 spiro atoms. The molecule has 94 valence electrons. The summed E-state index contributed by atoms with van der Waals surface area (Å²) in [7, 11) is 1.58. The Morgan fingerprint density at radius 1 is 0.833 bits per heavy atom. The van der Waals surface area contributed by atoms with Crippen molar-refractivity contribution < 1.29 is 4.74 Å². The van der Waals surface area contributed by atoms with Crippen LogP contribution in [-0.2, 0) is 0 Å². The van der Waals surface area contributed by atoms with Gasteiger partial charge >= 0.3 is 0 Å². The van der Waals surface area contributed by atoms with E-state index in [1.54, 1.807) is 37.4 Å². The van der Waals surface area contributed by atoms with Crippen molar-refractivity contribution in [2.24, 2.45) is 0 Å². The van der Waals surface area contributed by atoms with Gasteiger partial charge in [-0.15, -0.1) is 0 Å². The molecule has 0 bridgehead atoms. The molecule has 0 atom stereocenters. The van der Waals surface area contributed by atoms with E-state index in [1.807, 2.05) is 0 Å². The number of benzene rings is 2. The van der Waals surface area contributed by atoms with Crippen molar-refractivity contribution in [3.63, 3.8) is 0 Å². The summed E-state index contributed by atoms with van der Waals surface area (Å²) >= 11 is 24.3. The Kier molecular flexibility index (Phi) is 4.29. The van der Waals surface area contributed by atoms with Gasteiger partial charge in [-0.05, 0) is 30.3 Å². The molecule has 2 aromatic rings. The van der Waals surface area contributed by atoms with E-state index in [1.165, 1.54) is 0 Å². The Labute approximate surface area is 125 Å². The third-order valence-electron chi connectivity index (χ3n) is 2.46. The number of hydrogen-bond acceptors (Lipinski definition) is 1. The fraction of sp³-hybridized carbons (Fsp3) is 0.0769. The average Bonchev–Trinajstić information content (AvgIpc) is 2.34. The molecule has 0 aromatic heterocycles. The lowest BCUT2D eigenvalue weighted by atomic mass is 10.1. The fourth-order valence-electron chi connectivity index (χ4n) is 1.59. The van der Waals surface area contributed by atoms with Crippen LogP contribution in [-0.4, -0.2) is 7.11 Å². The van der Waals surface area contributed by atoms with E-state index in [9.17, 15) is 0 Å². The van der Waals surface area contributed by atoms with Crippen LogP contribution in [0.2, 0.25) is 20.1 Å². The molecule has 0 aliphatic carbocycles. The number of ether oxygens (including phenoxy) is 1. The quantitative estimate of drug-likeness (QED) is 0.618. The van der Waals surface area contributed by atoms with Crippen molar-refractivity contribution in [3.8, 4) is 16.9 Å². The monoisotopic (exact) mass is 320 g/mol. The summed E-state index contributed by atoms with van der Waals surface area (Å²) in [6.07, 6.45) is 0. The second-order valence-corrected chi connectivity index (χ2v) is 5.22. The van der Waals surface area contributed by atoms with Gasteiger partial charge in [-0.25, -0.2) is 0 Å². The molecule has 0 aliphatic rings. The fourth-order valence-corrected chi connectivity index (χ4v) is 2.51. The van der Waals surface area contributed by atoms with Gasteiger partial charge in [0.2, 0.25) is 0 Å². The van der Waals surface area contributed by atoms with Crippen LogP contribution in [0.5, 0.6) is 5.75 Å². The molecule has 1 nitrogen and oxygen atoms in total. The molecule has 0 radical (unpaired) electrons. The maximum absolute atomic E-state index is 6.18. The van der Waals surface area contributed by atoms with Crippen LogP contribution in [0.25, 0.3) is 11.1 Å². The highest BCUT2D eigenvalue weighted by Gasteiger charge is 2.13.